The van der Waals surface area contributed by atoms with Crippen LogP contribution in [0.4, 0.5) is 0 Å². The van der Waals surface area contributed by atoms with Crippen LogP contribution >= 0.6 is 0 Å². The van der Waals surface area contributed by atoms with E-state index in [2.05, 4.69) is 37.1 Å². The molecule has 0 bridgehead atoms. The van der Waals surface area contributed by atoms with Crippen molar-refractivity contribution >= 4 is 0 Å². The maximum Gasteiger partial charge on any atom is 0.0999 e. The predicted molar refractivity (Wildman–Crippen MR) is 82.9 cm³/mol. The molecular formula is C16H29N3O. The van der Waals surface area contributed by atoms with Crippen molar-refractivity contribution in [3.05, 3.63) is 24.2 Å². The van der Waals surface area contributed by atoms with Crippen LogP contribution in [0.15, 0.2) is 24.2 Å². The van der Waals surface area contributed by atoms with Crippen LogP contribution in [-0.4, -0.2) is 24.8 Å². The standard InChI is InChI=1S/C16H29N3O/c1-10(2)20-13-6-5-11(3)14(8-13)16(17)15-7-12(4)18-9-19-15/h6,11-12,14-16,18-19H,1,5,7-9,17H2,2-4H3/t11?,12-,14-,15?,16-/m1/s1. The summed E-state index contributed by atoms with van der Waals surface area (Å²) in [7, 11) is 0. The van der Waals surface area contributed by atoms with Gasteiger partial charge < -0.3 is 21.1 Å². The molecule has 0 aromatic rings. The average Bonchev–Trinajstić information content (AvgIpc) is 2.39. The first-order valence-corrected chi connectivity index (χ1v) is 7.72. The molecule has 4 N–H and O–H groups in total. The lowest BCUT2D eigenvalue weighted by Crippen LogP contribution is -2.59. The third-order valence-corrected chi connectivity index (χ3v) is 4.57. The van der Waals surface area contributed by atoms with Crippen molar-refractivity contribution in [3.63, 3.8) is 0 Å². The Morgan fingerprint density at radius 3 is 2.85 bits per heavy atom. The van der Waals surface area contributed by atoms with Crippen LogP contribution in [0.1, 0.15) is 40.0 Å². The van der Waals surface area contributed by atoms with Crippen LogP contribution in [-0.2, 0) is 4.74 Å². The number of nitrogens with two attached hydrogens (primary N) is 1. The zero-order valence-electron chi connectivity index (χ0n) is 13.0. The van der Waals surface area contributed by atoms with E-state index in [0.29, 0.717) is 23.9 Å². The summed E-state index contributed by atoms with van der Waals surface area (Å²) in [6, 6.07) is 1.10. The second kappa shape index (κ2) is 6.74. The monoisotopic (exact) mass is 279 g/mol. The molecule has 2 unspecified atom stereocenters. The van der Waals surface area contributed by atoms with Gasteiger partial charge in [0.05, 0.1) is 11.5 Å². The molecule has 1 aliphatic carbocycles. The molecule has 2 rings (SSSR count). The highest BCUT2D eigenvalue weighted by Gasteiger charge is 2.34. The van der Waals surface area contributed by atoms with E-state index in [4.69, 9.17) is 10.5 Å². The molecule has 5 atom stereocenters. The minimum absolute atomic E-state index is 0.173. The minimum atomic E-state index is 0.173. The topological polar surface area (TPSA) is 59.3 Å². The highest BCUT2D eigenvalue weighted by Crippen LogP contribution is 2.34. The molecule has 1 aliphatic heterocycles. The number of rotatable bonds is 4. The molecule has 4 nitrogen and oxygen atoms in total. The first-order valence-electron chi connectivity index (χ1n) is 7.72. The van der Waals surface area contributed by atoms with E-state index < -0.39 is 0 Å². The van der Waals surface area contributed by atoms with Crippen LogP contribution in [0.25, 0.3) is 0 Å². The lowest BCUT2D eigenvalue weighted by atomic mass is 9.75. The number of allylic oxidation sites excluding steroid dienone is 3. The van der Waals surface area contributed by atoms with Gasteiger partial charge in [-0.3, -0.25) is 0 Å². The molecule has 20 heavy (non-hydrogen) atoms. The van der Waals surface area contributed by atoms with Crippen molar-refractivity contribution in [1.82, 2.24) is 10.6 Å². The van der Waals surface area contributed by atoms with Gasteiger partial charge in [0.15, 0.2) is 0 Å². The molecule has 2 aliphatic rings. The van der Waals surface area contributed by atoms with Crippen LogP contribution in [0.5, 0.6) is 0 Å². The quantitative estimate of drug-likeness (QED) is 0.690. The van der Waals surface area contributed by atoms with Gasteiger partial charge in [-0.15, -0.1) is 0 Å². The Balaban J connectivity index is 1.99. The molecule has 0 aromatic carbocycles. The molecule has 0 aromatic heterocycles. The van der Waals surface area contributed by atoms with Crippen molar-refractivity contribution in [1.29, 1.82) is 0 Å². The lowest BCUT2D eigenvalue weighted by Gasteiger charge is -2.40. The van der Waals surface area contributed by atoms with Crippen LogP contribution in [0.3, 0.4) is 0 Å². The van der Waals surface area contributed by atoms with Gasteiger partial charge in [0.25, 0.3) is 0 Å². The summed E-state index contributed by atoms with van der Waals surface area (Å²) < 4.78 is 5.71. The highest BCUT2D eigenvalue weighted by molar-refractivity contribution is 5.07. The summed E-state index contributed by atoms with van der Waals surface area (Å²) in [4.78, 5) is 0. The molecule has 0 saturated carbocycles. The van der Waals surface area contributed by atoms with E-state index in [9.17, 15) is 0 Å². The maximum absolute atomic E-state index is 6.57. The third-order valence-electron chi connectivity index (χ3n) is 4.57. The summed E-state index contributed by atoms with van der Waals surface area (Å²) in [5, 5.41) is 6.91. The van der Waals surface area contributed by atoms with Crippen LogP contribution < -0.4 is 16.4 Å². The summed E-state index contributed by atoms with van der Waals surface area (Å²) >= 11 is 0. The van der Waals surface area contributed by atoms with E-state index >= 15 is 0 Å². The molecule has 1 fully saturated rings. The highest BCUT2D eigenvalue weighted by atomic mass is 16.5. The largest absolute Gasteiger partial charge is 0.467 e. The fourth-order valence-electron chi connectivity index (χ4n) is 3.33. The average molecular weight is 279 g/mol. The molecule has 0 amide bonds. The second-order valence-corrected chi connectivity index (χ2v) is 6.46. The van der Waals surface area contributed by atoms with Gasteiger partial charge in [0, 0.05) is 31.2 Å². The number of ether oxygens (including phenoxy) is 1. The van der Waals surface area contributed by atoms with Crippen molar-refractivity contribution in [2.24, 2.45) is 17.6 Å². The smallest absolute Gasteiger partial charge is 0.0999 e. The van der Waals surface area contributed by atoms with Gasteiger partial charge >= 0.3 is 0 Å². The van der Waals surface area contributed by atoms with Gasteiger partial charge in [0.1, 0.15) is 0 Å². The first-order chi connectivity index (χ1) is 9.47. The Morgan fingerprint density at radius 2 is 2.20 bits per heavy atom. The van der Waals surface area contributed by atoms with E-state index in [1.807, 2.05) is 6.92 Å². The normalized spacial score (nSPS) is 36.1. The summed E-state index contributed by atoms with van der Waals surface area (Å²) in [5.74, 6) is 2.87. The van der Waals surface area contributed by atoms with Crippen LogP contribution in [0.2, 0.25) is 0 Å². The molecule has 0 radical (unpaired) electrons. The van der Waals surface area contributed by atoms with Crippen molar-refractivity contribution in [2.75, 3.05) is 6.67 Å². The van der Waals surface area contributed by atoms with Crippen molar-refractivity contribution in [3.8, 4) is 0 Å². The van der Waals surface area contributed by atoms with Crippen molar-refractivity contribution in [2.45, 2.75) is 58.2 Å². The molecular weight excluding hydrogens is 250 g/mol. The Labute approximate surface area is 122 Å². The zero-order chi connectivity index (χ0) is 14.7. The maximum atomic E-state index is 6.57. The minimum Gasteiger partial charge on any atom is -0.467 e. The number of hydrogen-bond acceptors (Lipinski definition) is 4. The Hall–Kier alpha value is -0.840. The lowest BCUT2D eigenvalue weighted by molar-refractivity contribution is 0.169. The van der Waals surface area contributed by atoms with Gasteiger partial charge in [-0.05, 0) is 44.6 Å². The summed E-state index contributed by atoms with van der Waals surface area (Å²) in [6.45, 7) is 11.1. The molecule has 4 heteroatoms. The van der Waals surface area contributed by atoms with Gasteiger partial charge in [-0.25, -0.2) is 0 Å². The molecule has 1 saturated heterocycles. The zero-order valence-corrected chi connectivity index (χ0v) is 13.0. The van der Waals surface area contributed by atoms with E-state index in [1.165, 1.54) is 0 Å². The Bertz CT molecular complexity index is 380. The third kappa shape index (κ3) is 3.84. The van der Waals surface area contributed by atoms with Crippen molar-refractivity contribution < 1.29 is 4.74 Å². The van der Waals surface area contributed by atoms with Crippen LogP contribution in [0, 0.1) is 11.8 Å². The van der Waals surface area contributed by atoms with Gasteiger partial charge in [-0.2, -0.15) is 0 Å². The Morgan fingerprint density at radius 1 is 1.45 bits per heavy atom. The second-order valence-electron chi connectivity index (χ2n) is 6.46. The number of hydrogen-bond donors (Lipinski definition) is 3. The van der Waals surface area contributed by atoms with Gasteiger partial charge in [-0.1, -0.05) is 13.5 Å². The number of nitrogens with one attached hydrogen (secondary N) is 2. The molecule has 114 valence electrons. The van der Waals surface area contributed by atoms with E-state index in [1.54, 1.807) is 0 Å². The SMILES string of the molecule is C=C(C)OC1=CCC(C)[C@H]([C@@H](N)C2C[C@@H](C)NCN2)C1. The predicted octanol–water partition coefficient (Wildman–Crippen LogP) is 2.09. The molecule has 1 heterocycles. The summed E-state index contributed by atoms with van der Waals surface area (Å²) in [6.07, 6.45) is 5.25. The fraction of sp³-hybridized carbons (Fsp3) is 0.750. The summed E-state index contributed by atoms with van der Waals surface area (Å²) in [5.41, 5.74) is 6.57. The fourth-order valence-corrected chi connectivity index (χ4v) is 3.33. The van der Waals surface area contributed by atoms with Gasteiger partial charge in [0.2, 0.25) is 0 Å². The first kappa shape index (κ1) is 15.5. The van der Waals surface area contributed by atoms with E-state index in [0.717, 1.165) is 37.4 Å². The van der Waals surface area contributed by atoms with E-state index in [-0.39, 0.29) is 6.04 Å². The Kier molecular flexibility index (Phi) is 5.24. The molecule has 0 spiro atoms.